The van der Waals surface area contributed by atoms with Crippen molar-refractivity contribution in [1.82, 2.24) is 4.90 Å². The van der Waals surface area contributed by atoms with E-state index in [1.54, 1.807) is 12.1 Å². The molecule has 4 nitrogen and oxygen atoms in total. The van der Waals surface area contributed by atoms with Gasteiger partial charge >= 0.3 is 0 Å². The van der Waals surface area contributed by atoms with E-state index in [-0.39, 0.29) is 10.6 Å². The fraction of sp³-hybridized carbons (Fsp3) is 0.250. The number of hydrogen-bond acceptors (Lipinski definition) is 3. The van der Waals surface area contributed by atoms with Crippen molar-refractivity contribution in [3.8, 4) is 0 Å². The van der Waals surface area contributed by atoms with Gasteiger partial charge in [-0.25, -0.2) is 0 Å². The number of benzene rings is 2. The van der Waals surface area contributed by atoms with Crippen LogP contribution < -0.4 is 0 Å². The quantitative estimate of drug-likeness (QED) is 0.475. The normalized spacial score (nSPS) is 20.6. The first kappa shape index (κ1) is 12.8. The summed E-state index contributed by atoms with van der Waals surface area (Å²) >= 11 is 0. The van der Waals surface area contributed by atoms with Gasteiger partial charge in [0, 0.05) is 31.3 Å². The Labute approximate surface area is 117 Å². The molecule has 3 rings (SSSR count). The molecule has 0 aliphatic carbocycles. The molecule has 20 heavy (non-hydrogen) atoms. The molecular weight excluding hydrogens is 252 g/mol. The van der Waals surface area contributed by atoms with Crippen molar-refractivity contribution in [2.24, 2.45) is 0 Å². The van der Waals surface area contributed by atoms with Crippen molar-refractivity contribution < 1.29 is 4.92 Å². The molecule has 2 aromatic rings. The Bertz CT molecular complexity index is 596. The first-order chi connectivity index (χ1) is 9.72. The summed E-state index contributed by atoms with van der Waals surface area (Å²) in [6, 6.07) is 17.9. The van der Waals surface area contributed by atoms with Crippen LogP contribution in [0.15, 0.2) is 54.6 Å². The molecule has 0 radical (unpaired) electrons. The first-order valence-electron chi connectivity index (χ1n) is 6.74. The first-order valence-corrected chi connectivity index (χ1v) is 6.74. The molecule has 0 spiro atoms. The van der Waals surface area contributed by atoms with Crippen LogP contribution in [-0.4, -0.2) is 22.4 Å². The zero-order valence-corrected chi connectivity index (χ0v) is 11.1. The van der Waals surface area contributed by atoms with Gasteiger partial charge in [0.1, 0.15) is 0 Å². The topological polar surface area (TPSA) is 46.1 Å². The Hall–Kier alpha value is -2.20. The third kappa shape index (κ3) is 3.03. The van der Waals surface area contributed by atoms with Crippen LogP contribution in [0.2, 0.25) is 0 Å². The number of nitro benzene ring substituents is 1. The maximum Gasteiger partial charge on any atom is 0.269 e. The van der Waals surface area contributed by atoms with Crippen molar-refractivity contribution in [1.29, 1.82) is 0 Å². The average Bonchev–Trinajstić information content (AvgIpc) is 3.18. The van der Waals surface area contributed by atoms with E-state index in [0.717, 1.165) is 25.1 Å². The van der Waals surface area contributed by atoms with E-state index in [0.29, 0.717) is 6.04 Å². The van der Waals surface area contributed by atoms with Crippen LogP contribution in [0.5, 0.6) is 0 Å². The highest BCUT2D eigenvalue weighted by molar-refractivity contribution is 5.33. The molecule has 1 heterocycles. The van der Waals surface area contributed by atoms with Crippen molar-refractivity contribution in [2.45, 2.75) is 19.0 Å². The largest absolute Gasteiger partial charge is 0.293 e. The molecule has 102 valence electrons. The molecule has 1 unspecified atom stereocenters. The van der Waals surface area contributed by atoms with Gasteiger partial charge in [-0.15, -0.1) is 0 Å². The molecule has 1 aliphatic rings. The third-order valence-corrected chi connectivity index (χ3v) is 3.68. The summed E-state index contributed by atoms with van der Waals surface area (Å²) in [5.74, 6) is 0. The monoisotopic (exact) mass is 268 g/mol. The van der Waals surface area contributed by atoms with Crippen molar-refractivity contribution in [2.75, 3.05) is 6.54 Å². The number of nitrogens with zero attached hydrogens (tertiary/aromatic N) is 2. The molecule has 1 fully saturated rings. The van der Waals surface area contributed by atoms with Gasteiger partial charge < -0.3 is 0 Å². The van der Waals surface area contributed by atoms with E-state index in [1.165, 1.54) is 5.56 Å². The Morgan fingerprint density at radius 3 is 2.40 bits per heavy atom. The van der Waals surface area contributed by atoms with E-state index < -0.39 is 0 Å². The SMILES string of the molecule is O=[N+]([O-])c1ccc(C[C@H]2CN2Cc2ccccc2)cc1. The molecule has 2 atom stereocenters. The van der Waals surface area contributed by atoms with Crippen LogP contribution in [0.1, 0.15) is 11.1 Å². The lowest BCUT2D eigenvalue weighted by atomic mass is 10.1. The van der Waals surface area contributed by atoms with Crippen molar-refractivity contribution >= 4 is 5.69 Å². The number of nitro groups is 1. The predicted octanol–water partition coefficient (Wildman–Crippen LogP) is 3.02. The maximum absolute atomic E-state index is 10.6. The summed E-state index contributed by atoms with van der Waals surface area (Å²) < 4.78 is 0. The Balaban J connectivity index is 1.54. The van der Waals surface area contributed by atoms with Gasteiger partial charge in [0.15, 0.2) is 0 Å². The van der Waals surface area contributed by atoms with E-state index in [9.17, 15) is 10.1 Å². The van der Waals surface area contributed by atoms with Crippen molar-refractivity contribution in [3.05, 3.63) is 75.8 Å². The van der Waals surface area contributed by atoms with Crippen LogP contribution in [0, 0.1) is 10.1 Å². The van der Waals surface area contributed by atoms with Crippen LogP contribution in [0.25, 0.3) is 0 Å². The molecule has 0 saturated carbocycles. The summed E-state index contributed by atoms with van der Waals surface area (Å²) in [5.41, 5.74) is 2.65. The summed E-state index contributed by atoms with van der Waals surface area (Å²) in [6.45, 7) is 2.09. The highest BCUT2D eigenvalue weighted by atomic mass is 16.6. The van der Waals surface area contributed by atoms with Crippen LogP contribution >= 0.6 is 0 Å². The molecule has 2 aromatic carbocycles. The Kier molecular flexibility index (Phi) is 3.48. The van der Waals surface area contributed by atoms with Gasteiger partial charge in [-0.05, 0) is 17.5 Å². The zero-order valence-electron chi connectivity index (χ0n) is 11.1. The lowest BCUT2D eigenvalue weighted by Gasteiger charge is -2.04. The minimum absolute atomic E-state index is 0.158. The lowest BCUT2D eigenvalue weighted by molar-refractivity contribution is -0.384. The van der Waals surface area contributed by atoms with Gasteiger partial charge in [0.2, 0.25) is 0 Å². The average molecular weight is 268 g/mol. The van der Waals surface area contributed by atoms with E-state index >= 15 is 0 Å². The number of hydrogen-bond donors (Lipinski definition) is 0. The van der Waals surface area contributed by atoms with Gasteiger partial charge in [-0.2, -0.15) is 0 Å². The van der Waals surface area contributed by atoms with E-state index in [1.807, 2.05) is 18.2 Å². The number of non-ortho nitro benzene ring substituents is 1. The fourth-order valence-corrected chi connectivity index (χ4v) is 2.45. The molecular formula is C16H16N2O2. The second-order valence-electron chi connectivity index (χ2n) is 5.20. The second kappa shape index (κ2) is 5.43. The van der Waals surface area contributed by atoms with Crippen LogP contribution in [0.4, 0.5) is 5.69 Å². The van der Waals surface area contributed by atoms with Gasteiger partial charge in [-0.1, -0.05) is 42.5 Å². The van der Waals surface area contributed by atoms with Gasteiger partial charge in [-0.3, -0.25) is 15.0 Å². The molecule has 1 aliphatic heterocycles. The van der Waals surface area contributed by atoms with Gasteiger partial charge in [0.25, 0.3) is 5.69 Å². The Morgan fingerprint density at radius 1 is 1.05 bits per heavy atom. The third-order valence-electron chi connectivity index (χ3n) is 3.68. The standard InChI is InChI=1S/C16H16N2O2/c19-18(20)15-8-6-13(7-9-15)10-16-12-17(16)11-14-4-2-1-3-5-14/h1-9,16H,10-12H2/t16-,17?/m0/s1. The maximum atomic E-state index is 10.6. The second-order valence-corrected chi connectivity index (χ2v) is 5.20. The van der Waals surface area contributed by atoms with Crippen LogP contribution in [0.3, 0.4) is 0 Å². The van der Waals surface area contributed by atoms with Crippen molar-refractivity contribution in [3.63, 3.8) is 0 Å². The molecule has 4 heteroatoms. The minimum atomic E-state index is -0.359. The summed E-state index contributed by atoms with van der Waals surface area (Å²) in [4.78, 5) is 12.7. The minimum Gasteiger partial charge on any atom is -0.293 e. The molecule has 0 bridgehead atoms. The molecule has 0 aromatic heterocycles. The molecule has 0 N–H and O–H groups in total. The fourth-order valence-electron chi connectivity index (χ4n) is 2.45. The summed E-state index contributed by atoms with van der Waals surface area (Å²) in [6.07, 6.45) is 0.963. The highest BCUT2D eigenvalue weighted by Crippen LogP contribution is 2.25. The Morgan fingerprint density at radius 2 is 1.75 bits per heavy atom. The predicted molar refractivity (Wildman–Crippen MR) is 77.4 cm³/mol. The molecule has 0 amide bonds. The summed E-state index contributed by atoms with van der Waals surface area (Å²) in [5, 5.41) is 10.6. The summed E-state index contributed by atoms with van der Waals surface area (Å²) in [7, 11) is 0. The van der Waals surface area contributed by atoms with E-state index in [4.69, 9.17) is 0 Å². The smallest absolute Gasteiger partial charge is 0.269 e. The number of rotatable bonds is 5. The van der Waals surface area contributed by atoms with E-state index in [2.05, 4.69) is 29.2 Å². The van der Waals surface area contributed by atoms with Gasteiger partial charge in [0.05, 0.1) is 4.92 Å². The van der Waals surface area contributed by atoms with Crippen LogP contribution in [-0.2, 0) is 13.0 Å². The lowest BCUT2D eigenvalue weighted by Crippen LogP contribution is -2.04. The molecule has 1 saturated heterocycles. The highest BCUT2D eigenvalue weighted by Gasteiger charge is 2.33. The zero-order chi connectivity index (χ0) is 13.9.